The van der Waals surface area contributed by atoms with Crippen LogP contribution in [0.5, 0.6) is 0 Å². The Hall–Kier alpha value is -3.47. The summed E-state index contributed by atoms with van der Waals surface area (Å²) in [4.78, 5) is 44.9. The normalized spacial score (nSPS) is 21.3. The van der Waals surface area contributed by atoms with Gasteiger partial charge >= 0.3 is 12.1 Å². The Morgan fingerprint density at radius 3 is 2.45 bits per heavy atom. The van der Waals surface area contributed by atoms with Gasteiger partial charge in [0.05, 0.1) is 29.4 Å². The molecule has 1 N–H and O–H groups in total. The maximum Gasteiger partial charge on any atom is 0.416 e. The number of carbonyl (C=O) groups excluding carboxylic acids is 3. The van der Waals surface area contributed by atoms with Crippen molar-refractivity contribution in [2.75, 3.05) is 19.6 Å². The van der Waals surface area contributed by atoms with E-state index in [1.807, 2.05) is 6.07 Å². The molecule has 0 spiro atoms. The first kappa shape index (κ1) is 29.5. The van der Waals surface area contributed by atoms with Crippen LogP contribution in [0.25, 0.3) is 0 Å². The number of rotatable bonds is 7. The molecule has 3 atom stereocenters. The van der Waals surface area contributed by atoms with Crippen LogP contribution in [0.2, 0.25) is 0 Å². The fourth-order valence-electron chi connectivity index (χ4n) is 5.61. The van der Waals surface area contributed by atoms with Crippen LogP contribution in [0.1, 0.15) is 72.9 Å². The third-order valence-electron chi connectivity index (χ3n) is 7.59. The Kier molecular flexibility index (Phi) is 8.82. The SMILES string of the molecule is CC(=O)OC1CN(C(C)=O)CCC1CNC(=O)c1cnc2c(c1)CN(Cc1ccc(C(F)(F)F)cc1)C2C(C)C. The van der Waals surface area contributed by atoms with Gasteiger partial charge in [0.15, 0.2) is 0 Å². The highest BCUT2D eigenvalue weighted by Gasteiger charge is 2.36. The van der Waals surface area contributed by atoms with Gasteiger partial charge in [0, 0.05) is 52.1 Å². The van der Waals surface area contributed by atoms with E-state index < -0.39 is 23.8 Å². The fourth-order valence-corrected chi connectivity index (χ4v) is 5.61. The Morgan fingerprint density at radius 2 is 1.85 bits per heavy atom. The van der Waals surface area contributed by atoms with Crippen LogP contribution in [-0.4, -0.2) is 58.3 Å². The molecule has 2 amide bonds. The van der Waals surface area contributed by atoms with Crippen LogP contribution in [0.3, 0.4) is 0 Å². The van der Waals surface area contributed by atoms with Gasteiger partial charge in [-0.05, 0) is 41.7 Å². The quantitative estimate of drug-likeness (QED) is 0.507. The standard InChI is InChI=1S/C29H35F3N4O4/c1-17(2)27-26-23(15-36(27)14-20-5-7-24(8-6-20)29(30,31)32)11-22(13-33-26)28(39)34-12-21-9-10-35(18(3)37)16-25(21)40-19(4)38/h5-8,11,13,17,21,25,27H,9-10,12,14-16H2,1-4H3,(H,34,39). The Morgan fingerprint density at radius 1 is 1.15 bits per heavy atom. The first-order chi connectivity index (χ1) is 18.8. The zero-order valence-electron chi connectivity index (χ0n) is 23.1. The number of hydrogen-bond acceptors (Lipinski definition) is 6. The Bertz CT molecular complexity index is 1250. The van der Waals surface area contributed by atoms with Crippen molar-refractivity contribution >= 4 is 17.8 Å². The molecule has 0 bridgehead atoms. The van der Waals surface area contributed by atoms with E-state index in [0.717, 1.165) is 29.0 Å². The Labute approximate surface area is 231 Å². The first-order valence-corrected chi connectivity index (χ1v) is 13.4. The van der Waals surface area contributed by atoms with Gasteiger partial charge in [-0.25, -0.2) is 0 Å². The minimum atomic E-state index is -4.38. The predicted octanol–water partition coefficient (Wildman–Crippen LogP) is 4.34. The van der Waals surface area contributed by atoms with Gasteiger partial charge in [0.1, 0.15) is 6.10 Å². The van der Waals surface area contributed by atoms with Gasteiger partial charge < -0.3 is 15.0 Å². The smallest absolute Gasteiger partial charge is 0.416 e. The van der Waals surface area contributed by atoms with Crippen molar-refractivity contribution in [2.45, 2.75) is 65.5 Å². The second kappa shape index (κ2) is 12.0. The average Bonchev–Trinajstić information content (AvgIpc) is 3.24. The van der Waals surface area contributed by atoms with Crippen molar-refractivity contribution in [3.63, 3.8) is 0 Å². The van der Waals surface area contributed by atoms with Crippen LogP contribution in [-0.2, 0) is 33.6 Å². The van der Waals surface area contributed by atoms with Crippen molar-refractivity contribution in [3.05, 3.63) is 64.5 Å². The third-order valence-corrected chi connectivity index (χ3v) is 7.59. The molecule has 3 heterocycles. The van der Waals surface area contributed by atoms with Gasteiger partial charge in [0.2, 0.25) is 5.91 Å². The van der Waals surface area contributed by atoms with Crippen LogP contribution >= 0.6 is 0 Å². The topological polar surface area (TPSA) is 91.8 Å². The molecule has 1 aromatic carbocycles. The van der Waals surface area contributed by atoms with Crippen molar-refractivity contribution in [1.29, 1.82) is 0 Å². The first-order valence-electron chi connectivity index (χ1n) is 13.4. The van der Waals surface area contributed by atoms with E-state index in [1.54, 1.807) is 11.1 Å². The molecule has 1 aromatic heterocycles. The molecule has 2 aliphatic rings. The highest BCUT2D eigenvalue weighted by atomic mass is 19.4. The average molecular weight is 561 g/mol. The number of piperidine rings is 1. The van der Waals surface area contributed by atoms with Gasteiger partial charge in [-0.3, -0.25) is 24.3 Å². The number of halogens is 3. The lowest BCUT2D eigenvalue weighted by atomic mass is 9.93. The number of alkyl halides is 3. The minimum absolute atomic E-state index is 0.0367. The summed E-state index contributed by atoms with van der Waals surface area (Å²) in [7, 11) is 0. The van der Waals surface area contributed by atoms with Crippen LogP contribution in [0.15, 0.2) is 36.5 Å². The molecule has 1 saturated heterocycles. The van der Waals surface area contributed by atoms with E-state index in [2.05, 4.69) is 29.0 Å². The molecule has 3 unspecified atom stereocenters. The number of benzene rings is 1. The number of fused-ring (bicyclic) bond motifs is 1. The lowest BCUT2D eigenvalue weighted by Crippen LogP contribution is -2.50. The summed E-state index contributed by atoms with van der Waals surface area (Å²) < 4.78 is 44.3. The molecule has 0 radical (unpaired) electrons. The lowest BCUT2D eigenvalue weighted by Gasteiger charge is -2.37. The lowest BCUT2D eigenvalue weighted by molar-refractivity contribution is -0.155. The zero-order valence-corrected chi connectivity index (χ0v) is 23.1. The maximum absolute atomic E-state index is 13.1. The summed E-state index contributed by atoms with van der Waals surface area (Å²) in [6.07, 6.45) is -2.74. The number of esters is 1. The number of nitrogens with zero attached hydrogens (tertiary/aromatic N) is 3. The molecule has 40 heavy (non-hydrogen) atoms. The number of pyridine rings is 1. The molecule has 11 heteroatoms. The zero-order chi connectivity index (χ0) is 29.2. The van der Waals surface area contributed by atoms with Gasteiger partial charge in [-0.1, -0.05) is 26.0 Å². The predicted molar refractivity (Wildman–Crippen MR) is 141 cm³/mol. The maximum atomic E-state index is 13.1. The van der Waals surface area contributed by atoms with E-state index >= 15 is 0 Å². The molecule has 0 saturated carbocycles. The summed E-state index contributed by atoms with van der Waals surface area (Å²) in [5.74, 6) is -0.753. The number of carbonyl (C=O) groups is 3. The number of ether oxygens (including phenoxy) is 1. The van der Waals surface area contributed by atoms with E-state index in [1.165, 1.54) is 26.0 Å². The number of likely N-dealkylation sites (tertiary alicyclic amines) is 1. The fraction of sp³-hybridized carbons (Fsp3) is 0.517. The number of aromatic nitrogens is 1. The number of amides is 2. The molecule has 1 fully saturated rings. The molecular weight excluding hydrogens is 525 g/mol. The summed E-state index contributed by atoms with van der Waals surface area (Å²) in [5.41, 5.74) is 2.27. The van der Waals surface area contributed by atoms with Gasteiger partial charge in [-0.15, -0.1) is 0 Å². The van der Waals surface area contributed by atoms with Gasteiger partial charge in [0.25, 0.3) is 5.91 Å². The van der Waals surface area contributed by atoms with Crippen molar-refractivity contribution < 1.29 is 32.3 Å². The second-order valence-electron chi connectivity index (χ2n) is 10.9. The van der Waals surface area contributed by atoms with Crippen LogP contribution < -0.4 is 5.32 Å². The Balaban J connectivity index is 1.43. The third kappa shape index (κ3) is 6.80. The molecule has 2 aromatic rings. The largest absolute Gasteiger partial charge is 0.460 e. The van der Waals surface area contributed by atoms with Gasteiger partial charge in [-0.2, -0.15) is 13.2 Å². The second-order valence-corrected chi connectivity index (χ2v) is 10.9. The minimum Gasteiger partial charge on any atom is -0.460 e. The summed E-state index contributed by atoms with van der Waals surface area (Å²) >= 11 is 0. The number of hydrogen-bond donors (Lipinski definition) is 1. The van der Waals surface area contributed by atoms with Crippen LogP contribution in [0, 0.1) is 11.8 Å². The van der Waals surface area contributed by atoms with E-state index in [4.69, 9.17) is 4.74 Å². The van der Waals surface area contributed by atoms with Crippen molar-refractivity contribution in [3.8, 4) is 0 Å². The molecule has 2 aliphatic heterocycles. The molecular formula is C29H35F3N4O4. The van der Waals surface area contributed by atoms with Crippen molar-refractivity contribution in [1.82, 2.24) is 20.1 Å². The van der Waals surface area contributed by atoms with E-state index in [9.17, 15) is 27.6 Å². The number of nitrogens with one attached hydrogen (secondary N) is 1. The highest BCUT2D eigenvalue weighted by Crippen LogP contribution is 2.39. The van der Waals surface area contributed by atoms with E-state index in [0.29, 0.717) is 38.2 Å². The summed E-state index contributed by atoms with van der Waals surface area (Å²) in [5, 5.41) is 2.93. The summed E-state index contributed by atoms with van der Waals surface area (Å²) in [6, 6.07) is 6.98. The van der Waals surface area contributed by atoms with Crippen molar-refractivity contribution in [2.24, 2.45) is 11.8 Å². The molecule has 4 rings (SSSR count). The summed E-state index contributed by atoms with van der Waals surface area (Å²) in [6.45, 7) is 9.01. The molecule has 0 aliphatic carbocycles. The van der Waals surface area contributed by atoms with Crippen LogP contribution in [0.4, 0.5) is 13.2 Å². The van der Waals surface area contributed by atoms with E-state index in [-0.39, 0.29) is 36.2 Å². The molecule has 8 nitrogen and oxygen atoms in total. The molecule has 216 valence electrons. The highest BCUT2D eigenvalue weighted by molar-refractivity contribution is 5.94. The monoisotopic (exact) mass is 560 g/mol.